The number of hydrogen-bond donors (Lipinski definition) is 1. The van der Waals surface area contributed by atoms with E-state index < -0.39 is 0 Å². The van der Waals surface area contributed by atoms with Crippen molar-refractivity contribution in [2.45, 2.75) is 25.6 Å². The van der Waals surface area contributed by atoms with E-state index in [0.717, 1.165) is 38.2 Å². The van der Waals surface area contributed by atoms with Crippen LogP contribution in [0.1, 0.15) is 17.5 Å². The molecule has 1 aliphatic rings. The minimum absolute atomic E-state index is 0.136. The molecular weight excluding hydrogens is 303 g/mol. The minimum atomic E-state index is -0.136. The lowest BCUT2D eigenvalue weighted by Crippen LogP contribution is -2.52. The second-order valence-corrected chi connectivity index (χ2v) is 6.45. The van der Waals surface area contributed by atoms with Crippen LogP contribution in [0.4, 0.5) is 4.39 Å². The fraction of sp³-hybridized carbons (Fsp3) is 0.400. The van der Waals surface area contributed by atoms with Crippen LogP contribution in [-0.2, 0) is 13.1 Å². The van der Waals surface area contributed by atoms with E-state index >= 15 is 0 Å². The van der Waals surface area contributed by atoms with Crippen molar-refractivity contribution in [3.05, 3.63) is 71.5 Å². The number of benzene rings is 2. The zero-order chi connectivity index (χ0) is 16.8. The lowest BCUT2D eigenvalue weighted by Gasteiger charge is -2.41. The monoisotopic (exact) mass is 328 g/mol. The van der Waals surface area contributed by atoms with Gasteiger partial charge in [0.1, 0.15) is 5.82 Å². The number of nitrogens with zero attached hydrogens (tertiary/aromatic N) is 2. The van der Waals surface area contributed by atoms with Crippen molar-refractivity contribution in [2.24, 2.45) is 0 Å². The van der Waals surface area contributed by atoms with Gasteiger partial charge in [-0.25, -0.2) is 4.39 Å². The van der Waals surface area contributed by atoms with E-state index in [1.807, 2.05) is 18.2 Å². The van der Waals surface area contributed by atoms with Gasteiger partial charge in [-0.1, -0.05) is 48.5 Å². The maximum absolute atomic E-state index is 13.9. The van der Waals surface area contributed by atoms with Crippen LogP contribution in [-0.4, -0.2) is 47.2 Å². The summed E-state index contributed by atoms with van der Waals surface area (Å²) in [6, 6.07) is 17.7. The SMILES string of the molecule is OCC[C@@H]1CN(Cc2ccccc2F)CCN1Cc1ccccc1. The molecule has 0 aromatic heterocycles. The van der Waals surface area contributed by atoms with E-state index in [2.05, 4.69) is 34.1 Å². The third-order valence-electron chi connectivity index (χ3n) is 4.73. The predicted molar refractivity (Wildman–Crippen MR) is 94.0 cm³/mol. The van der Waals surface area contributed by atoms with Gasteiger partial charge in [-0.05, 0) is 18.1 Å². The molecular formula is C20H25FN2O. The molecule has 0 bridgehead atoms. The van der Waals surface area contributed by atoms with Crippen LogP contribution in [0.15, 0.2) is 54.6 Å². The molecule has 0 aliphatic carbocycles. The molecule has 128 valence electrons. The molecule has 0 amide bonds. The number of aliphatic hydroxyl groups is 1. The molecule has 0 unspecified atom stereocenters. The third-order valence-corrected chi connectivity index (χ3v) is 4.73. The summed E-state index contributed by atoms with van der Waals surface area (Å²) in [5.41, 5.74) is 2.04. The van der Waals surface area contributed by atoms with E-state index in [-0.39, 0.29) is 12.4 Å². The van der Waals surface area contributed by atoms with Gasteiger partial charge in [-0.15, -0.1) is 0 Å². The first kappa shape index (κ1) is 17.1. The lowest BCUT2D eigenvalue weighted by atomic mass is 10.1. The Kier molecular flexibility index (Phi) is 5.96. The quantitative estimate of drug-likeness (QED) is 0.883. The summed E-state index contributed by atoms with van der Waals surface area (Å²) in [5, 5.41) is 9.42. The largest absolute Gasteiger partial charge is 0.396 e. The van der Waals surface area contributed by atoms with E-state index in [1.54, 1.807) is 6.07 Å². The van der Waals surface area contributed by atoms with E-state index in [1.165, 1.54) is 11.6 Å². The average molecular weight is 328 g/mol. The Labute approximate surface area is 143 Å². The van der Waals surface area contributed by atoms with Crippen LogP contribution in [0.5, 0.6) is 0 Å². The Hall–Kier alpha value is -1.75. The Morgan fingerprint density at radius 1 is 0.958 bits per heavy atom. The van der Waals surface area contributed by atoms with Crippen molar-refractivity contribution >= 4 is 0 Å². The van der Waals surface area contributed by atoms with Crippen LogP contribution in [0.3, 0.4) is 0 Å². The molecule has 0 spiro atoms. The van der Waals surface area contributed by atoms with Gasteiger partial charge in [0, 0.05) is 50.9 Å². The molecule has 4 heteroatoms. The van der Waals surface area contributed by atoms with Crippen molar-refractivity contribution in [3.8, 4) is 0 Å². The van der Waals surface area contributed by atoms with Crippen LogP contribution in [0, 0.1) is 5.82 Å². The van der Waals surface area contributed by atoms with Crippen molar-refractivity contribution in [1.82, 2.24) is 9.80 Å². The first-order valence-corrected chi connectivity index (χ1v) is 8.61. The number of rotatable bonds is 6. The standard InChI is InChI=1S/C20H25FN2O/c21-20-9-5-4-8-18(20)15-22-11-12-23(19(16-22)10-13-24)14-17-6-2-1-3-7-17/h1-9,19,24H,10-16H2/t19-/m1/s1. The smallest absolute Gasteiger partial charge is 0.127 e. The van der Waals surface area contributed by atoms with Gasteiger partial charge in [-0.3, -0.25) is 9.80 Å². The first-order valence-electron chi connectivity index (χ1n) is 8.61. The summed E-state index contributed by atoms with van der Waals surface area (Å²) in [6.45, 7) is 4.44. The van der Waals surface area contributed by atoms with Gasteiger partial charge in [0.25, 0.3) is 0 Å². The topological polar surface area (TPSA) is 26.7 Å². The van der Waals surface area contributed by atoms with Crippen LogP contribution in [0.25, 0.3) is 0 Å². The Morgan fingerprint density at radius 3 is 2.46 bits per heavy atom. The molecule has 0 radical (unpaired) electrons. The number of halogens is 1. The Bertz CT molecular complexity index is 635. The van der Waals surface area contributed by atoms with Gasteiger partial charge in [0.05, 0.1) is 0 Å². The maximum Gasteiger partial charge on any atom is 0.127 e. The molecule has 2 aromatic carbocycles. The molecule has 24 heavy (non-hydrogen) atoms. The molecule has 3 rings (SSSR count). The number of piperazine rings is 1. The maximum atomic E-state index is 13.9. The fourth-order valence-electron chi connectivity index (χ4n) is 3.42. The second-order valence-electron chi connectivity index (χ2n) is 6.45. The van der Waals surface area contributed by atoms with Crippen LogP contribution < -0.4 is 0 Å². The third kappa shape index (κ3) is 4.41. The van der Waals surface area contributed by atoms with Crippen molar-refractivity contribution < 1.29 is 9.50 Å². The van der Waals surface area contributed by atoms with E-state index in [0.29, 0.717) is 12.6 Å². The predicted octanol–water partition coefficient (Wildman–Crippen LogP) is 2.89. The summed E-state index contributed by atoms with van der Waals surface area (Å²) in [5.74, 6) is -0.136. The molecule has 1 atom stereocenters. The van der Waals surface area contributed by atoms with Gasteiger partial charge >= 0.3 is 0 Å². The normalized spacial score (nSPS) is 19.5. The van der Waals surface area contributed by atoms with Gasteiger partial charge in [0.2, 0.25) is 0 Å². The Balaban J connectivity index is 1.63. The first-order chi connectivity index (χ1) is 11.8. The van der Waals surface area contributed by atoms with Crippen molar-refractivity contribution in [2.75, 3.05) is 26.2 Å². The molecule has 0 saturated carbocycles. The highest BCUT2D eigenvalue weighted by molar-refractivity contribution is 5.17. The molecule has 3 nitrogen and oxygen atoms in total. The highest BCUT2D eigenvalue weighted by Gasteiger charge is 2.26. The van der Waals surface area contributed by atoms with E-state index in [4.69, 9.17) is 0 Å². The molecule has 1 heterocycles. The second kappa shape index (κ2) is 8.38. The molecule has 2 aromatic rings. The molecule has 1 saturated heterocycles. The van der Waals surface area contributed by atoms with Gasteiger partial charge < -0.3 is 5.11 Å². The van der Waals surface area contributed by atoms with E-state index in [9.17, 15) is 9.50 Å². The van der Waals surface area contributed by atoms with Gasteiger partial charge in [-0.2, -0.15) is 0 Å². The van der Waals surface area contributed by atoms with Crippen LogP contribution in [0.2, 0.25) is 0 Å². The molecule has 1 fully saturated rings. The van der Waals surface area contributed by atoms with Crippen LogP contribution >= 0.6 is 0 Å². The summed E-state index contributed by atoms with van der Waals surface area (Å²) >= 11 is 0. The summed E-state index contributed by atoms with van der Waals surface area (Å²) in [7, 11) is 0. The highest BCUT2D eigenvalue weighted by Crippen LogP contribution is 2.19. The van der Waals surface area contributed by atoms with Crippen molar-refractivity contribution in [1.29, 1.82) is 0 Å². The summed E-state index contributed by atoms with van der Waals surface area (Å²) < 4.78 is 13.9. The van der Waals surface area contributed by atoms with Crippen molar-refractivity contribution in [3.63, 3.8) is 0 Å². The molecule has 1 N–H and O–H groups in total. The zero-order valence-electron chi connectivity index (χ0n) is 13.9. The summed E-state index contributed by atoms with van der Waals surface area (Å²) in [6.07, 6.45) is 0.751. The van der Waals surface area contributed by atoms with Gasteiger partial charge in [0.15, 0.2) is 0 Å². The number of aliphatic hydroxyl groups excluding tert-OH is 1. The lowest BCUT2D eigenvalue weighted by molar-refractivity contribution is 0.0495. The Morgan fingerprint density at radius 2 is 1.71 bits per heavy atom. The summed E-state index contributed by atoms with van der Waals surface area (Å²) in [4.78, 5) is 4.73. The zero-order valence-corrected chi connectivity index (χ0v) is 13.9. The minimum Gasteiger partial charge on any atom is -0.396 e. The number of hydrogen-bond acceptors (Lipinski definition) is 3. The molecule has 1 aliphatic heterocycles. The highest BCUT2D eigenvalue weighted by atomic mass is 19.1. The average Bonchev–Trinajstić information content (AvgIpc) is 2.60. The fourth-order valence-corrected chi connectivity index (χ4v) is 3.42.